The highest BCUT2D eigenvalue weighted by Gasteiger charge is 2.03. The van der Waals surface area contributed by atoms with Crippen molar-refractivity contribution in [2.45, 2.75) is 20.8 Å². The predicted molar refractivity (Wildman–Crippen MR) is 48.7 cm³/mol. The molecular formula is C10H14O2. The van der Waals surface area contributed by atoms with E-state index in [1.165, 1.54) is 0 Å². The lowest BCUT2D eigenvalue weighted by Crippen LogP contribution is -1.95. The van der Waals surface area contributed by atoms with Crippen LogP contribution in [-0.4, -0.2) is 11.7 Å². The third-order valence-corrected chi connectivity index (χ3v) is 1.90. The number of benzene rings is 1. The molecule has 0 saturated heterocycles. The molecule has 0 spiro atoms. The largest absolute Gasteiger partial charge is 0.508 e. The van der Waals surface area contributed by atoms with E-state index >= 15 is 0 Å². The van der Waals surface area contributed by atoms with E-state index in [-0.39, 0.29) is 5.75 Å². The Bertz CT molecular complexity index is 279. The molecule has 66 valence electrons. The first-order valence-corrected chi connectivity index (χ1v) is 4.08. The van der Waals surface area contributed by atoms with Crippen LogP contribution >= 0.6 is 0 Å². The van der Waals surface area contributed by atoms with Crippen LogP contribution in [0.1, 0.15) is 18.1 Å². The van der Waals surface area contributed by atoms with Gasteiger partial charge in [-0.25, -0.2) is 0 Å². The maximum atomic E-state index is 9.26. The van der Waals surface area contributed by atoms with Gasteiger partial charge in [-0.3, -0.25) is 0 Å². The normalized spacial score (nSPS) is 9.92. The number of ether oxygens (including phenoxy) is 1. The lowest BCUT2D eigenvalue weighted by Gasteiger charge is -2.09. The predicted octanol–water partition coefficient (Wildman–Crippen LogP) is 2.41. The number of phenols is 1. The summed E-state index contributed by atoms with van der Waals surface area (Å²) in [6, 6.07) is 3.38. The van der Waals surface area contributed by atoms with Crippen LogP contribution in [0.15, 0.2) is 12.1 Å². The van der Waals surface area contributed by atoms with Crippen LogP contribution in [0, 0.1) is 13.8 Å². The minimum Gasteiger partial charge on any atom is -0.508 e. The van der Waals surface area contributed by atoms with Crippen LogP contribution in [0.5, 0.6) is 11.5 Å². The fourth-order valence-electron chi connectivity index (χ4n) is 1.11. The van der Waals surface area contributed by atoms with Gasteiger partial charge in [0, 0.05) is 6.07 Å². The first-order valence-electron chi connectivity index (χ1n) is 4.08. The summed E-state index contributed by atoms with van der Waals surface area (Å²) >= 11 is 0. The molecule has 1 aromatic rings. The van der Waals surface area contributed by atoms with Crippen LogP contribution < -0.4 is 4.74 Å². The van der Waals surface area contributed by atoms with Crippen LogP contribution in [0.25, 0.3) is 0 Å². The zero-order valence-electron chi connectivity index (χ0n) is 7.72. The first-order chi connectivity index (χ1) is 5.65. The molecule has 0 atom stereocenters. The lowest BCUT2D eigenvalue weighted by atomic mass is 10.1. The minimum atomic E-state index is 0.265. The lowest BCUT2D eigenvalue weighted by molar-refractivity contribution is 0.335. The molecule has 2 nitrogen and oxygen atoms in total. The number of rotatable bonds is 2. The second-order valence-electron chi connectivity index (χ2n) is 2.82. The maximum absolute atomic E-state index is 9.26. The standard InChI is InChI=1S/C10H14O2/c1-4-12-10-6-9(11)5-7(2)8(10)3/h5-6,11H,4H2,1-3H3. The van der Waals surface area contributed by atoms with Crippen molar-refractivity contribution in [2.75, 3.05) is 6.61 Å². The molecule has 1 N–H and O–H groups in total. The van der Waals surface area contributed by atoms with Gasteiger partial charge < -0.3 is 9.84 Å². The molecule has 1 aromatic carbocycles. The monoisotopic (exact) mass is 166 g/mol. The third kappa shape index (κ3) is 1.70. The van der Waals surface area contributed by atoms with Gasteiger partial charge in [-0.05, 0) is 38.0 Å². The molecule has 0 radical (unpaired) electrons. The molecule has 0 heterocycles. The Morgan fingerprint density at radius 1 is 1.33 bits per heavy atom. The van der Waals surface area contributed by atoms with E-state index in [0.29, 0.717) is 6.61 Å². The van der Waals surface area contributed by atoms with Gasteiger partial charge in [-0.15, -0.1) is 0 Å². The Morgan fingerprint density at radius 2 is 2.00 bits per heavy atom. The van der Waals surface area contributed by atoms with E-state index in [1.807, 2.05) is 20.8 Å². The molecule has 0 aliphatic carbocycles. The van der Waals surface area contributed by atoms with Crippen molar-refractivity contribution >= 4 is 0 Å². The molecule has 0 unspecified atom stereocenters. The highest BCUT2D eigenvalue weighted by Crippen LogP contribution is 2.26. The fraction of sp³-hybridized carbons (Fsp3) is 0.400. The van der Waals surface area contributed by atoms with Crippen molar-refractivity contribution in [2.24, 2.45) is 0 Å². The second-order valence-corrected chi connectivity index (χ2v) is 2.82. The van der Waals surface area contributed by atoms with Crippen molar-refractivity contribution < 1.29 is 9.84 Å². The second kappa shape index (κ2) is 3.48. The number of aromatic hydroxyl groups is 1. The third-order valence-electron chi connectivity index (χ3n) is 1.90. The molecule has 0 fully saturated rings. The molecule has 0 amide bonds. The molecule has 0 saturated carbocycles. The van der Waals surface area contributed by atoms with E-state index in [2.05, 4.69) is 0 Å². The van der Waals surface area contributed by atoms with Gasteiger partial charge in [0.05, 0.1) is 6.61 Å². The molecule has 2 heteroatoms. The summed E-state index contributed by atoms with van der Waals surface area (Å²) in [5, 5.41) is 9.26. The number of aryl methyl sites for hydroxylation is 1. The van der Waals surface area contributed by atoms with Gasteiger partial charge in [-0.1, -0.05) is 0 Å². The summed E-state index contributed by atoms with van der Waals surface area (Å²) in [5.74, 6) is 1.04. The van der Waals surface area contributed by atoms with E-state index in [1.54, 1.807) is 12.1 Å². The summed E-state index contributed by atoms with van der Waals surface area (Å²) in [4.78, 5) is 0. The summed E-state index contributed by atoms with van der Waals surface area (Å²) in [7, 11) is 0. The van der Waals surface area contributed by atoms with E-state index < -0.39 is 0 Å². The zero-order chi connectivity index (χ0) is 9.14. The summed E-state index contributed by atoms with van der Waals surface area (Å²) < 4.78 is 5.34. The van der Waals surface area contributed by atoms with Gasteiger partial charge in [0.1, 0.15) is 11.5 Å². The first kappa shape index (κ1) is 8.91. The average molecular weight is 166 g/mol. The van der Waals surface area contributed by atoms with Gasteiger partial charge >= 0.3 is 0 Å². The van der Waals surface area contributed by atoms with Crippen molar-refractivity contribution in [1.29, 1.82) is 0 Å². The number of phenolic OH excluding ortho intramolecular Hbond substituents is 1. The SMILES string of the molecule is CCOc1cc(O)cc(C)c1C. The Labute approximate surface area is 72.8 Å². The Hall–Kier alpha value is -1.18. The molecule has 0 aliphatic rings. The summed E-state index contributed by atoms with van der Waals surface area (Å²) in [5.41, 5.74) is 2.15. The Kier molecular flexibility index (Phi) is 2.58. The van der Waals surface area contributed by atoms with Crippen molar-refractivity contribution in [3.63, 3.8) is 0 Å². The van der Waals surface area contributed by atoms with Crippen molar-refractivity contribution in [1.82, 2.24) is 0 Å². The molecule has 1 rings (SSSR count). The van der Waals surface area contributed by atoms with E-state index in [0.717, 1.165) is 16.9 Å². The van der Waals surface area contributed by atoms with Gasteiger partial charge in [0.25, 0.3) is 0 Å². The molecule has 12 heavy (non-hydrogen) atoms. The van der Waals surface area contributed by atoms with E-state index in [4.69, 9.17) is 4.74 Å². The van der Waals surface area contributed by atoms with Gasteiger partial charge in [0.2, 0.25) is 0 Å². The smallest absolute Gasteiger partial charge is 0.126 e. The fourth-order valence-corrected chi connectivity index (χ4v) is 1.11. The molecule has 0 aliphatic heterocycles. The minimum absolute atomic E-state index is 0.265. The van der Waals surface area contributed by atoms with Gasteiger partial charge in [0.15, 0.2) is 0 Å². The summed E-state index contributed by atoms with van der Waals surface area (Å²) in [6.45, 7) is 6.50. The highest BCUT2D eigenvalue weighted by atomic mass is 16.5. The average Bonchev–Trinajstić information content (AvgIpc) is 2.00. The van der Waals surface area contributed by atoms with Crippen LogP contribution in [0.4, 0.5) is 0 Å². The highest BCUT2D eigenvalue weighted by molar-refractivity contribution is 5.44. The Morgan fingerprint density at radius 3 is 2.58 bits per heavy atom. The quantitative estimate of drug-likeness (QED) is 0.731. The van der Waals surface area contributed by atoms with Crippen molar-refractivity contribution in [3.05, 3.63) is 23.3 Å². The van der Waals surface area contributed by atoms with Crippen LogP contribution in [0.2, 0.25) is 0 Å². The van der Waals surface area contributed by atoms with Gasteiger partial charge in [-0.2, -0.15) is 0 Å². The number of hydrogen-bond donors (Lipinski definition) is 1. The Balaban J connectivity index is 3.09. The van der Waals surface area contributed by atoms with Crippen LogP contribution in [0.3, 0.4) is 0 Å². The van der Waals surface area contributed by atoms with Crippen molar-refractivity contribution in [3.8, 4) is 11.5 Å². The maximum Gasteiger partial charge on any atom is 0.126 e. The van der Waals surface area contributed by atoms with E-state index in [9.17, 15) is 5.11 Å². The van der Waals surface area contributed by atoms with Crippen LogP contribution in [-0.2, 0) is 0 Å². The molecule has 0 bridgehead atoms. The zero-order valence-corrected chi connectivity index (χ0v) is 7.72. The molecular weight excluding hydrogens is 152 g/mol. The number of hydrogen-bond acceptors (Lipinski definition) is 2. The summed E-state index contributed by atoms with van der Waals surface area (Å²) in [6.07, 6.45) is 0. The molecule has 0 aromatic heterocycles. The topological polar surface area (TPSA) is 29.5 Å².